The number of rotatable bonds is 3. The van der Waals surface area contributed by atoms with Gasteiger partial charge in [-0.15, -0.1) is 0 Å². The lowest BCUT2D eigenvalue weighted by Crippen LogP contribution is -2.29. The molecule has 0 unspecified atom stereocenters. The highest BCUT2D eigenvalue weighted by Crippen LogP contribution is 2.30. The van der Waals surface area contributed by atoms with E-state index in [1.807, 2.05) is 6.26 Å². The molecule has 0 aromatic carbocycles. The Morgan fingerprint density at radius 2 is 2.18 bits per heavy atom. The highest BCUT2D eigenvalue weighted by molar-refractivity contribution is 7.98. The molecule has 0 amide bonds. The van der Waals surface area contributed by atoms with Gasteiger partial charge in [0, 0.05) is 5.92 Å². The molecule has 2 heterocycles. The molecule has 5 nitrogen and oxygen atoms in total. The first-order valence-corrected chi connectivity index (χ1v) is 6.90. The summed E-state index contributed by atoms with van der Waals surface area (Å²) in [4.78, 5) is 20.7. The molecule has 6 heteroatoms. The number of nitrogens with zero attached hydrogens (tertiary/aromatic N) is 2. The molecule has 0 aliphatic carbocycles. The number of carbonyl (C=O) groups is 1. The number of carboxylic acids is 1. The van der Waals surface area contributed by atoms with Crippen LogP contribution in [0, 0.1) is 0 Å². The Kier molecular flexibility index (Phi) is 3.73. The van der Waals surface area contributed by atoms with Crippen LogP contribution in [0.15, 0.2) is 5.16 Å². The number of nitrogens with one attached hydrogen (secondary N) is 1. The smallest absolute Gasteiger partial charge is 0.356 e. The molecular formula is C11H17N3O2S. The van der Waals surface area contributed by atoms with Crippen LogP contribution in [0.1, 0.15) is 34.9 Å². The van der Waals surface area contributed by atoms with Crippen molar-refractivity contribution in [2.45, 2.75) is 23.9 Å². The molecule has 0 radical (unpaired) electrons. The number of imidazole rings is 1. The minimum absolute atomic E-state index is 0.198. The van der Waals surface area contributed by atoms with Gasteiger partial charge in [-0.25, -0.2) is 9.78 Å². The van der Waals surface area contributed by atoms with Gasteiger partial charge in [-0.2, -0.15) is 0 Å². The van der Waals surface area contributed by atoms with Gasteiger partial charge in [0.25, 0.3) is 0 Å². The van der Waals surface area contributed by atoms with Gasteiger partial charge in [0.1, 0.15) is 0 Å². The van der Waals surface area contributed by atoms with Crippen LogP contribution in [-0.2, 0) is 0 Å². The summed E-state index contributed by atoms with van der Waals surface area (Å²) in [5, 5.41) is 9.85. The van der Waals surface area contributed by atoms with Crippen molar-refractivity contribution in [3.05, 3.63) is 11.4 Å². The van der Waals surface area contributed by atoms with E-state index in [-0.39, 0.29) is 5.69 Å². The van der Waals surface area contributed by atoms with Crippen molar-refractivity contribution >= 4 is 17.7 Å². The maximum absolute atomic E-state index is 11.2. The highest BCUT2D eigenvalue weighted by Gasteiger charge is 2.26. The lowest BCUT2D eigenvalue weighted by molar-refractivity contribution is 0.0688. The normalized spacial score (nSPS) is 18.5. The molecule has 1 aromatic heterocycles. The zero-order valence-electron chi connectivity index (χ0n) is 10.1. The molecule has 1 fully saturated rings. The van der Waals surface area contributed by atoms with E-state index in [9.17, 15) is 4.79 Å². The number of carboxylic acid groups (broad SMARTS) is 1. The molecule has 2 N–H and O–H groups in total. The van der Waals surface area contributed by atoms with Crippen LogP contribution < -0.4 is 0 Å². The first kappa shape index (κ1) is 12.4. The van der Waals surface area contributed by atoms with E-state index in [0.29, 0.717) is 11.1 Å². The summed E-state index contributed by atoms with van der Waals surface area (Å²) in [5.41, 5.74) is 0.999. The van der Waals surface area contributed by atoms with Crippen LogP contribution in [0.5, 0.6) is 0 Å². The summed E-state index contributed by atoms with van der Waals surface area (Å²) in [5.74, 6) is -0.638. The molecular weight excluding hydrogens is 238 g/mol. The van der Waals surface area contributed by atoms with E-state index in [2.05, 4.69) is 21.9 Å². The van der Waals surface area contributed by atoms with Crippen molar-refractivity contribution in [1.29, 1.82) is 0 Å². The molecule has 94 valence electrons. The quantitative estimate of drug-likeness (QED) is 0.804. The number of likely N-dealkylation sites (tertiary alicyclic amines) is 1. The third kappa shape index (κ3) is 2.63. The molecule has 0 saturated carbocycles. The predicted octanol–water partition coefficient (Wildman–Crippen LogP) is 1.64. The minimum Gasteiger partial charge on any atom is -0.476 e. The number of hydrogen-bond donors (Lipinski definition) is 2. The summed E-state index contributed by atoms with van der Waals surface area (Å²) in [6.45, 7) is 2.02. The number of H-pyrrole nitrogens is 1. The average Bonchev–Trinajstić information content (AvgIpc) is 2.74. The third-order valence-corrected chi connectivity index (χ3v) is 3.81. The summed E-state index contributed by atoms with van der Waals surface area (Å²) in [7, 11) is 2.09. The summed E-state index contributed by atoms with van der Waals surface area (Å²) >= 11 is 1.45. The Bertz CT molecular complexity index is 411. The topological polar surface area (TPSA) is 69.2 Å². The fourth-order valence-electron chi connectivity index (χ4n) is 2.22. The lowest BCUT2D eigenvalue weighted by atomic mass is 9.92. The van der Waals surface area contributed by atoms with Crippen molar-refractivity contribution in [2.24, 2.45) is 0 Å². The molecule has 1 aliphatic rings. The van der Waals surface area contributed by atoms with Crippen LogP contribution in [0.4, 0.5) is 0 Å². The van der Waals surface area contributed by atoms with Crippen LogP contribution >= 0.6 is 11.8 Å². The van der Waals surface area contributed by atoms with Crippen molar-refractivity contribution in [2.75, 3.05) is 26.4 Å². The second-order valence-corrected chi connectivity index (χ2v) is 5.19. The lowest BCUT2D eigenvalue weighted by Gasteiger charge is -2.28. The van der Waals surface area contributed by atoms with Crippen molar-refractivity contribution in [3.8, 4) is 0 Å². The number of aromatic nitrogens is 2. The average molecular weight is 255 g/mol. The van der Waals surface area contributed by atoms with E-state index in [0.717, 1.165) is 31.6 Å². The van der Waals surface area contributed by atoms with Gasteiger partial charge in [-0.05, 0) is 39.2 Å². The number of aromatic carboxylic acids is 1. The van der Waals surface area contributed by atoms with Gasteiger partial charge < -0.3 is 15.0 Å². The molecule has 1 aromatic rings. The Hall–Kier alpha value is -1.01. The largest absolute Gasteiger partial charge is 0.476 e. The van der Waals surface area contributed by atoms with Crippen LogP contribution in [0.25, 0.3) is 0 Å². The minimum atomic E-state index is -0.935. The van der Waals surface area contributed by atoms with Gasteiger partial charge in [-0.1, -0.05) is 11.8 Å². The Labute approximate surface area is 105 Å². The van der Waals surface area contributed by atoms with Crippen molar-refractivity contribution in [3.63, 3.8) is 0 Å². The highest BCUT2D eigenvalue weighted by atomic mass is 32.2. The zero-order chi connectivity index (χ0) is 12.4. The molecule has 17 heavy (non-hydrogen) atoms. The molecule has 0 bridgehead atoms. The maximum atomic E-state index is 11.2. The molecule has 2 rings (SSSR count). The van der Waals surface area contributed by atoms with Crippen molar-refractivity contribution < 1.29 is 9.90 Å². The molecule has 0 spiro atoms. The number of hydrogen-bond acceptors (Lipinski definition) is 4. The third-order valence-electron chi connectivity index (χ3n) is 3.23. The van der Waals surface area contributed by atoms with E-state index >= 15 is 0 Å². The fourth-order valence-corrected chi connectivity index (χ4v) is 2.61. The van der Waals surface area contributed by atoms with Crippen molar-refractivity contribution in [1.82, 2.24) is 14.9 Å². The van der Waals surface area contributed by atoms with E-state index < -0.39 is 5.97 Å². The summed E-state index contributed by atoms with van der Waals surface area (Å²) < 4.78 is 0. The van der Waals surface area contributed by atoms with Crippen LogP contribution in [-0.4, -0.2) is 52.3 Å². The van der Waals surface area contributed by atoms with Gasteiger partial charge in [0.2, 0.25) is 0 Å². The second kappa shape index (κ2) is 5.10. The summed E-state index contributed by atoms with van der Waals surface area (Å²) in [6.07, 6.45) is 3.88. The van der Waals surface area contributed by atoms with Gasteiger partial charge in [0.05, 0.1) is 5.69 Å². The summed E-state index contributed by atoms with van der Waals surface area (Å²) in [6, 6.07) is 0. The van der Waals surface area contributed by atoms with Gasteiger partial charge >= 0.3 is 5.97 Å². The SMILES string of the molecule is CSc1nc(C(=O)O)c(C2CCN(C)CC2)[nH]1. The monoisotopic (exact) mass is 255 g/mol. The first-order chi connectivity index (χ1) is 8.11. The first-order valence-electron chi connectivity index (χ1n) is 5.67. The van der Waals surface area contributed by atoms with E-state index in [1.54, 1.807) is 0 Å². The second-order valence-electron chi connectivity index (χ2n) is 4.39. The zero-order valence-corrected chi connectivity index (χ0v) is 10.9. The number of thioether (sulfide) groups is 1. The van der Waals surface area contributed by atoms with E-state index in [1.165, 1.54) is 11.8 Å². The van der Waals surface area contributed by atoms with Gasteiger partial charge in [0.15, 0.2) is 10.9 Å². The van der Waals surface area contributed by atoms with Crippen LogP contribution in [0.2, 0.25) is 0 Å². The number of piperidine rings is 1. The Balaban J connectivity index is 2.24. The Morgan fingerprint density at radius 1 is 1.53 bits per heavy atom. The maximum Gasteiger partial charge on any atom is 0.356 e. The predicted molar refractivity (Wildman–Crippen MR) is 66.8 cm³/mol. The number of aromatic amines is 1. The molecule has 1 saturated heterocycles. The molecule has 0 atom stereocenters. The van der Waals surface area contributed by atoms with Gasteiger partial charge in [-0.3, -0.25) is 0 Å². The molecule has 1 aliphatic heterocycles. The van der Waals surface area contributed by atoms with Crippen LogP contribution in [0.3, 0.4) is 0 Å². The van der Waals surface area contributed by atoms with E-state index in [4.69, 9.17) is 5.11 Å². The fraction of sp³-hybridized carbons (Fsp3) is 0.636. The standard InChI is InChI=1S/C11H17N3O2S/c1-14-5-3-7(4-6-14)8-9(10(15)16)13-11(12-8)17-2/h7H,3-6H2,1-2H3,(H,12,13)(H,15,16). The Morgan fingerprint density at radius 3 is 2.71 bits per heavy atom.